The van der Waals surface area contributed by atoms with Crippen molar-refractivity contribution in [3.63, 3.8) is 0 Å². The lowest BCUT2D eigenvalue weighted by Crippen LogP contribution is -2.41. The van der Waals surface area contributed by atoms with Gasteiger partial charge in [0.1, 0.15) is 17.9 Å². The number of cyclic esters (lactones) is 2. The molecule has 0 spiro atoms. The Balaban J connectivity index is 1.86. The maximum atomic E-state index is 13.7. The Morgan fingerprint density at radius 3 is 2.36 bits per heavy atom. The van der Waals surface area contributed by atoms with Crippen molar-refractivity contribution < 1.29 is 32.9 Å². The fourth-order valence-electron chi connectivity index (χ4n) is 2.66. The lowest BCUT2D eigenvalue weighted by molar-refractivity contribution is -0.222. The molecule has 6 nitrogen and oxygen atoms in total. The zero-order chi connectivity index (χ0) is 20.3. The predicted molar refractivity (Wildman–Crippen MR) is 98.0 cm³/mol. The third-order valence-corrected chi connectivity index (χ3v) is 3.95. The van der Waals surface area contributed by atoms with Gasteiger partial charge in [0, 0.05) is 19.4 Å². The first kappa shape index (κ1) is 19.4. The number of benzene rings is 2. The maximum absolute atomic E-state index is 13.7. The van der Waals surface area contributed by atoms with Crippen LogP contribution in [0.25, 0.3) is 6.08 Å². The Morgan fingerprint density at radius 2 is 1.71 bits per heavy atom. The number of carbonyl (C=O) groups excluding carboxylic acids is 2. The van der Waals surface area contributed by atoms with Gasteiger partial charge in [-0.15, -0.1) is 0 Å². The predicted octanol–water partition coefficient (Wildman–Crippen LogP) is 3.63. The Kier molecular flexibility index (Phi) is 5.35. The fraction of sp³-hybridized carbons (Fsp3) is 0.238. The van der Waals surface area contributed by atoms with Gasteiger partial charge in [0.25, 0.3) is 5.79 Å². The van der Waals surface area contributed by atoms with E-state index in [1.807, 2.05) is 0 Å². The number of hydrogen-bond acceptors (Lipinski definition) is 6. The van der Waals surface area contributed by atoms with Crippen LogP contribution in [0, 0.1) is 5.82 Å². The zero-order valence-electron chi connectivity index (χ0n) is 15.7. The highest BCUT2D eigenvalue weighted by Crippen LogP contribution is 2.27. The third-order valence-electron chi connectivity index (χ3n) is 3.95. The summed E-state index contributed by atoms with van der Waals surface area (Å²) >= 11 is 0. The topological polar surface area (TPSA) is 71.1 Å². The Hall–Kier alpha value is -3.35. The molecule has 146 valence electrons. The highest BCUT2D eigenvalue weighted by Gasteiger charge is 2.38. The molecular weight excluding hydrogens is 367 g/mol. The second-order valence-electron chi connectivity index (χ2n) is 6.53. The summed E-state index contributed by atoms with van der Waals surface area (Å²) in [5, 5.41) is 0. The van der Waals surface area contributed by atoms with Gasteiger partial charge in [-0.2, -0.15) is 0 Å². The molecule has 1 aliphatic rings. The van der Waals surface area contributed by atoms with Crippen LogP contribution in [-0.4, -0.2) is 24.8 Å². The molecule has 28 heavy (non-hydrogen) atoms. The number of methoxy groups -OCH3 is 1. The molecule has 0 bridgehead atoms. The highest BCUT2D eigenvalue weighted by atomic mass is 19.1. The molecule has 0 unspecified atom stereocenters. The van der Waals surface area contributed by atoms with Gasteiger partial charge in [0.15, 0.2) is 11.6 Å². The lowest BCUT2D eigenvalue weighted by atomic mass is 10.1. The van der Waals surface area contributed by atoms with Crippen LogP contribution in [0.2, 0.25) is 0 Å². The van der Waals surface area contributed by atoms with Gasteiger partial charge < -0.3 is 18.9 Å². The van der Waals surface area contributed by atoms with Gasteiger partial charge in [-0.1, -0.05) is 18.2 Å². The third kappa shape index (κ3) is 4.31. The highest BCUT2D eigenvalue weighted by molar-refractivity contribution is 6.18. The molecule has 1 fully saturated rings. The van der Waals surface area contributed by atoms with Crippen molar-refractivity contribution in [1.29, 1.82) is 0 Å². The summed E-state index contributed by atoms with van der Waals surface area (Å²) in [6, 6.07) is 11.1. The van der Waals surface area contributed by atoms with E-state index in [-0.39, 0.29) is 17.9 Å². The number of carbonyl (C=O) groups is 2. The van der Waals surface area contributed by atoms with Crippen LogP contribution in [0.5, 0.6) is 11.5 Å². The molecule has 1 heterocycles. The molecule has 0 atom stereocenters. The first-order chi connectivity index (χ1) is 13.3. The van der Waals surface area contributed by atoms with Gasteiger partial charge in [0.05, 0.1) is 7.11 Å². The van der Waals surface area contributed by atoms with Gasteiger partial charge >= 0.3 is 11.9 Å². The van der Waals surface area contributed by atoms with E-state index in [2.05, 4.69) is 0 Å². The van der Waals surface area contributed by atoms with Crippen molar-refractivity contribution in [1.82, 2.24) is 0 Å². The molecule has 0 N–H and O–H groups in total. The summed E-state index contributed by atoms with van der Waals surface area (Å²) in [6.45, 7) is 2.99. The van der Waals surface area contributed by atoms with E-state index in [1.165, 1.54) is 39.2 Å². The smallest absolute Gasteiger partial charge is 0.348 e. The zero-order valence-corrected chi connectivity index (χ0v) is 15.7. The fourth-order valence-corrected chi connectivity index (χ4v) is 2.66. The van der Waals surface area contributed by atoms with Gasteiger partial charge in [0.2, 0.25) is 0 Å². The number of para-hydroxylation sites is 1. The normalized spacial score (nSPS) is 15.5. The molecular formula is C21H19FO6. The lowest BCUT2D eigenvalue weighted by Gasteiger charge is -2.29. The van der Waals surface area contributed by atoms with Crippen LogP contribution in [0.4, 0.5) is 4.39 Å². The first-order valence-corrected chi connectivity index (χ1v) is 8.52. The van der Waals surface area contributed by atoms with E-state index < -0.39 is 23.5 Å². The van der Waals surface area contributed by atoms with Gasteiger partial charge in [-0.3, -0.25) is 0 Å². The number of halogens is 1. The summed E-state index contributed by atoms with van der Waals surface area (Å²) in [6.07, 6.45) is 1.37. The Labute approximate surface area is 161 Å². The maximum Gasteiger partial charge on any atom is 0.348 e. The summed E-state index contributed by atoms with van der Waals surface area (Å²) in [4.78, 5) is 24.2. The number of hydrogen-bond donors (Lipinski definition) is 0. The van der Waals surface area contributed by atoms with Crippen LogP contribution < -0.4 is 9.47 Å². The van der Waals surface area contributed by atoms with Crippen LogP contribution in [0.3, 0.4) is 0 Å². The second kappa shape index (κ2) is 7.72. The molecule has 7 heteroatoms. The summed E-state index contributed by atoms with van der Waals surface area (Å²) in [5.74, 6) is -2.68. The van der Waals surface area contributed by atoms with Crippen molar-refractivity contribution >= 4 is 18.0 Å². The molecule has 0 radical (unpaired) electrons. The van der Waals surface area contributed by atoms with E-state index in [0.29, 0.717) is 16.9 Å². The molecule has 0 aromatic heterocycles. The molecule has 2 aromatic rings. The van der Waals surface area contributed by atoms with E-state index in [1.54, 1.807) is 30.3 Å². The van der Waals surface area contributed by atoms with Crippen molar-refractivity contribution in [2.75, 3.05) is 7.11 Å². The van der Waals surface area contributed by atoms with Crippen LogP contribution in [0.1, 0.15) is 25.0 Å². The van der Waals surface area contributed by atoms with Crippen LogP contribution in [0.15, 0.2) is 48.0 Å². The molecule has 1 saturated heterocycles. The second-order valence-corrected chi connectivity index (χ2v) is 6.53. The number of ether oxygens (including phenoxy) is 4. The van der Waals surface area contributed by atoms with Crippen LogP contribution >= 0.6 is 0 Å². The molecule has 0 saturated carbocycles. The largest absolute Gasteiger partial charge is 0.496 e. The van der Waals surface area contributed by atoms with Gasteiger partial charge in [-0.05, 0) is 35.9 Å². The molecule has 2 aromatic carbocycles. The molecule has 3 rings (SSSR count). The standard InChI is InChI=1S/C21H19FO6/c1-21(2)27-19(23)15(20(24)28-21)11-13-8-9-17(25-3)14(10-13)12-26-18-7-5-4-6-16(18)22/h4-11H,12H2,1-3H3. The van der Waals surface area contributed by atoms with Crippen molar-refractivity contribution in [2.45, 2.75) is 26.2 Å². The SMILES string of the molecule is COc1ccc(C=C2C(=O)OC(C)(C)OC2=O)cc1COc1ccccc1F. The minimum absolute atomic E-state index is 0.0308. The number of esters is 2. The Morgan fingerprint density at radius 1 is 1.04 bits per heavy atom. The monoisotopic (exact) mass is 386 g/mol. The Bertz CT molecular complexity index is 926. The van der Waals surface area contributed by atoms with Crippen LogP contribution in [-0.2, 0) is 25.7 Å². The van der Waals surface area contributed by atoms with Crippen molar-refractivity contribution in [3.05, 3.63) is 65.0 Å². The first-order valence-electron chi connectivity index (χ1n) is 8.52. The van der Waals surface area contributed by atoms with E-state index >= 15 is 0 Å². The van der Waals surface area contributed by atoms with Crippen molar-refractivity contribution in [3.8, 4) is 11.5 Å². The quantitative estimate of drug-likeness (QED) is 0.444. The minimum atomic E-state index is -1.30. The molecule has 0 amide bonds. The molecule has 1 aliphatic heterocycles. The minimum Gasteiger partial charge on any atom is -0.496 e. The van der Waals surface area contributed by atoms with Gasteiger partial charge in [-0.25, -0.2) is 14.0 Å². The average Bonchev–Trinajstić information content (AvgIpc) is 2.63. The summed E-state index contributed by atoms with van der Waals surface area (Å²) in [7, 11) is 1.50. The van der Waals surface area contributed by atoms with Crippen molar-refractivity contribution in [2.24, 2.45) is 0 Å². The van der Waals surface area contributed by atoms with E-state index in [0.717, 1.165) is 0 Å². The summed E-state index contributed by atoms with van der Waals surface area (Å²) in [5.41, 5.74) is 0.931. The average molecular weight is 386 g/mol. The van der Waals surface area contributed by atoms with E-state index in [9.17, 15) is 14.0 Å². The number of rotatable bonds is 5. The van der Waals surface area contributed by atoms with E-state index in [4.69, 9.17) is 18.9 Å². The summed E-state index contributed by atoms with van der Waals surface area (Å²) < 4.78 is 34.7. The molecule has 0 aliphatic carbocycles.